The van der Waals surface area contributed by atoms with Crippen molar-refractivity contribution >= 4 is 17.0 Å². The van der Waals surface area contributed by atoms with Crippen LogP contribution in [0.15, 0.2) is 24.4 Å². The summed E-state index contributed by atoms with van der Waals surface area (Å²) in [7, 11) is 1.57. The van der Waals surface area contributed by atoms with Gasteiger partial charge in [-0.25, -0.2) is 9.97 Å². The summed E-state index contributed by atoms with van der Waals surface area (Å²) in [5, 5.41) is 9.29. The number of rotatable bonds is 4. The topological polar surface area (TPSA) is 90.8 Å². The molecule has 1 saturated carbocycles. The van der Waals surface area contributed by atoms with Crippen molar-refractivity contribution in [1.82, 2.24) is 9.97 Å². The van der Waals surface area contributed by atoms with Gasteiger partial charge in [0.25, 0.3) is 0 Å². The summed E-state index contributed by atoms with van der Waals surface area (Å²) < 4.78 is 17.9. The maximum atomic E-state index is 11.3. The van der Waals surface area contributed by atoms with Crippen LogP contribution in [0.1, 0.15) is 51.2 Å². The quantitative estimate of drug-likeness (QED) is 0.856. The average molecular weight is 386 g/mol. The fourth-order valence-corrected chi connectivity index (χ4v) is 4.44. The maximum absolute atomic E-state index is 11.3. The highest BCUT2D eigenvalue weighted by Gasteiger charge is 2.47. The molecular formula is C21H26N2O5. The lowest BCUT2D eigenvalue weighted by Gasteiger charge is -2.32. The molecule has 1 N–H and O–H groups in total. The number of fused-ring (bicyclic) bond motifs is 1. The minimum Gasteiger partial charge on any atom is -0.481 e. The van der Waals surface area contributed by atoms with Crippen molar-refractivity contribution in [2.45, 2.75) is 57.5 Å². The van der Waals surface area contributed by atoms with Crippen molar-refractivity contribution in [3.8, 4) is 5.88 Å². The first kappa shape index (κ1) is 19.1. The van der Waals surface area contributed by atoms with E-state index in [2.05, 4.69) is 9.97 Å². The molecule has 1 unspecified atom stereocenters. The van der Waals surface area contributed by atoms with Gasteiger partial charge in [0, 0.05) is 5.56 Å². The zero-order chi connectivity index (χ0) is 19.9. The summed E-state index contributed by atoms with van der Waals surface area (Å²) >= 11 is 0. The molecule has 4 rings (SSSR count). The van der Waals surface area contributed by atoms with Gasteiger partial charge in [-0.15, -0.1) is 0 Å². The van der Waals surface area contributed by atoms with Crippen LogP contribution in [-0.2, 0) is 14.3 Å². The number of nitrogens with zero attached hydrogens (tertiary/aromatic N) is 2. The molecule has 2 aliphatic rings. The van der Waals surface area contributed by atoms with Crippen LogP contribution in [0.25, 0.3) is 11.0 Å². The van der Waals surface area contributed by atoms with Gasteiger partial charge in [0.05, 0.1) is 36.4 Å². The van der Waals surface area contributed by atoms with E-state index in [-0.39, 0.29) is 24.0 Å². The first-order valence-electron chi connectivity index (χ1n) is 9.76. The average Bonchev–Trinajstić information content (AvgIpc) is 3.02. The summed E-state index contributed by atoms with van der Waals surface area (Å²) in [4.78, 5) is 20.3. The van der Waals surface area contributed by atoms with Crippen LogP contribution in [0.2, 0.25) is 0 Å². The van der Waals surface area contributed by atoms with Crippen LogP contribution in [0.3, 0.4) is 0 Å². The molecule has 1 aromatic heterocycles. The summed E-state index contributed by atoms with van der Waals surface area (Å²) in [6, 6.07) is 5.87. The highest BCUT2D eigenvalue weighted by atomic mass is 16.8. The Hall–Kier alpha value is -2.25. The van der Waals surface area contributed by atoms with Gasteiger partial charge in [-0.2, -0.15) is 0 Å². The Morgan fingerprint density at radius 2 is 1.96 bits per heavy atom. The second-order valence-corrected chi connectivity index (χ2v) is 8.10. The Morgan fingerprint density at radius 1 is 1.21 bits per heavy atom. The van der Waals surface area contributed by atoms with Crippen molar-refractivity contribution in [3.63, 3.8) is 0 Å². The van der Waals surface area contributed by atoms with Crippen molar-refractivity contribution in [2.24, 2.45) is 11.8 Å². The predicted molar refractivity (Wildman–Crippen MR) is 102 cm³/mol. The van der Waals surface area contributed by atoms with Gasteiger partial charge < -0.3 is 19.3 Å². The van der Waals surface area contributed by atoms with E-state index in [0.29, 0.717) is 18.7 Å². The van der Waals surface area contributed by atoms with Crippen LogP contribution in [0, 0.1) is 11.8 Å². The molecule has 2 aromatic rings. The molecule has 0 radical (unpaired) electrons. The fraction of sp³-hybridized carbons (Fsp3) is 0.571. The van der Waals surface area contributed by atoms with Gasteiger partial charge in [0.1, 0.15) is 6.10 Å². The van der Waals surface area contributed by atoms with E-state index in [1.54, 1.807) is 13.3 Å². The normalized spacial score (nSPS) is 29.7. The molecule has 7 nitrogen and oxygen atoms in total. The third kappa shape index (κ3) is 3.56. The number of hydrogen-bond acceptors (Lipinski definition) is 6. The van der Waals surface area contributed by atoms with Gasteiger partial charge in [-0.3, -0.25) is 4.79 Å². The molecule has 150 valence electrons. The Labute approximate surface area is 164 Å². The molecule has 1 aromatic carbocycles. The number of para-hydroxylation sites is 1. The van der Waals surface area contributed by atoms with Crippen LogP contribution in [0.5, 0.6) is 5.88 Å². The largest absolute Gasteiger partial charge is 0.481 e. The monoisotopic (exact) mass is 386 g/mol. The number of carbonyl (C=O) groups is 1. The summed E-state index contributed by atoms with van der Waals surface area (Å²) in [6.07, 6.45) is 4.16. The molecule has 7 heteroatoms. The lowest BCUT2D eigenvalue weighted by Crippen LogP contribution is -2.32. The van der Waals surface area contributed by atoms with Crippen molar-refractivity contribution in [3.05, 3.63) is 30.0 Å². The lowest BCUT2D eigenvalue weighted by atomic mass is 9.77. The molecule has 28 heavy (non-hydrogen) atoms. The number of hydrogen-bond donors (Lipinski definition) is 1. The highest BCUT2D eigenvalue weighted by molar-refractivity contribution is 5.78. The Morgan fingerprint density at radius 3 is 2.64 bits per heavy atom. The summed E-state index contributed by atoms with van der Waals surface area (Å²) in [5.74, 6) is -0.964. The molecule has 0 spiro atoms. The first-order valence-corrected chi connectivity index (χ1v) is 9.76. The number of carboxylic acids is 1. The maximum Gasteiger partial charge on any atom is 0.306 e. The number of benzene rings is 1. The van der Waals surface area contributed by atoms with E-state index >= 15 is 0 Å². The van der Waals surface area contributed by atoms with Crippen LogP contribution in [0.4, 0.5) is 0 Å². The van der Waals surface area contributed by atoms with Gasteiger partial charge >= 0.3 is 5.97 Å². The second-order valence-electron chi connectivity index (χ2n) is 8.10. The van der Waals surface area contributed by atoms with E-state index in [4.69, 9.17) is 14.2 Å². The molecule has 1 saturated heterocycles. The van der Waals surface area contributed by atoms with E-state index < -0.39 is 11.8 Å². The summed E-state index contributed by atoms with van der Waals surface area (Å²) in [6.45, 7) is 3.83. The Bertz CT molecular complexity index is 876. The molecule has 0 bridgehead atoms. The zero-order valence-corrected chi connectivity index (χ0v) is 16.4. The minimum atomic E-state index is -0.715. The van der Waals surface area contributed by atoms with E-state index in [1.165, 1.54) is 0 Å². The Balaban J connectivity index is 1.67. The van der Waals surface area contributed by atoms with Gasteiger partial charge in [0.15, 0.2) is 5.79 Å². The zero-order valence-electron chi connectivity index (χ0n) is 16.4. The number of methoxy groups -OCH3 is 1. The molecule has 1 aliphatic carbocycles. The standard InChI is InChI=1S/C21H26N2O5/c1-21(2)27-18(12-7-9-13(10-8-12)20(24)25)19(28-21)14-5-4-6-15-17(14)23-16(26-3)11-22-15/h4-6,11-13,18-19H,7-10H2,1-3H3,(H,24,25)/t12?,13?,18-,19?/m1/s1. The highest BCUT2D eigenvalue weighted by Crippen LogP contribution is 2.47. The van der Waals surface area contributed by atoms with Crippen LogP contribution < -0.4 is 4.74 Å². The number of aliphatic carboxylic acids is 1. The van der Waals surface area contributed by atoms with Gasteiger partial charge in [-0.05, 0) is 51.5 Å². The molecule has 1 aliphatic heterocycles. The van der Waals surface area contributed by atoms with E-state index in [0.717, 1.165) is 29.4 Å². The van der Waals surface area contributed by atoms with Crippen LogP contribution in [-0.4, -0.2) is 40.0 Å². The molecule has 0 amide bonds. The summed E-state index contributed by atoms with van der Waals surface area (Å²) in [5.41, 5.74) is 2.46. The molecule has 2 fully saturated rings. The van der Waals surface area contributed by atoms with Gasteiger partial charge in [-0.1, -0.05) is 12.1 Å². The van der Waals surface area contributed by atoms with Crippen molar-refractivity contribution < 1.29 is 24.1 Å². The smallest absolute Gasteiger partial charge is 0.306 e. The van der Waals surface area contributed by atoms with E-state index in [9.17, 15) is 9.90 Å². The minimum absolute atomic E-state index is 0.150. The van der Waals surface area contributed by atoms with Crippen molar-refractivity contribution in [2.75, 3.05) is 7.11 Å². The van der Waals surface area contributed by atoms with Crippen molar-refractivity contribution in [1.29, 1.82) is 0 Å². The van der Waals surface area contributed by atoms with Crippen LogP contribution >= 0.6 is 0 Å². The first-order chi connectivity index (χ1) is 13.4. The number of aromatic nitrogens is 2. The molecular weight excluding hydrogens is 360 g/mol. The third-order valence-corrected chi connectivity index (χ3v) is 5.81. The number of carboxylic acid groups (broad SMARTS) is 1. The molecule has 2 atom stereocenters. The molecule has 2 heterocycles. The second kappa shape index (κ2) is 7.29. The predicted octanol–water partition coefficient (Wildman–Crippen LogP) is 3.72. The Kier molecular flexibility index (Phi) is 4.97. The number of ether oxygens (including phenoxy) is 3. The SMILES string of the molecule is COc1cnc2cccc(C3OC(C)(C)O[C@@H]3C3CCC(C(=O)O)CC3)c2n1. The lowest BCUT2D eigenvalue weighted by molar-refractivity contribution is -0.154. The van der Waals surface area contributed by atoms with E-state index in [1.807, 2.05) is 32.0 Å². The third-order valence-electron chi connectivity index (χ3n) is 5.81. The fourth-order valence-electron chi connectivity index (χ4n) is 4.44. The van der Waals surface area contributed by atoms with Gasteiger partial charge in [0.2, 0.25) is 5.88 Å².